The molecule has 2 N–H and O–H groups in total. The van der Waals surface area contributed by atoms with Crippen molar-refractivity contribution >= 4 is 53.3 Å². The van der Waals surface area contributed by atoms with E-state index in [0.29, 0.717) is 0 Å². The molecule has 0 spiro atoms. The van der Waals surface area contributed by atoms with Crippen molar-refractivity contribution in [3.05, 3.63) is 67.9 Å². The maximum atomic E-state index is 6.45. The Morgan fingerprint density at radius 1 is 1.00 bits per heavy atom. The predicted molar refractivity (Wildman–Crippen MR) is 89.7 cm³/mol. The highest BCUT2D eigenvalue weighted by Crippen LogP contribution is 2.35. The average Bonchev–Trinajstić information content (AvgIpc) is 2.84. The van der Waals surface area contributed by atoms with E-state index in [4.69, 9.17) is 5.73 Å². The number of benzene rings is 2. The van der Waals surface area contributed by atoms with Gasteiger partial charge in [0.1, 0.15) is 0 Å². The van der Waals surface area contributed by atoms with E-state index in [0.717, 1.165) is 14.5 Å². The summed E-state index contributed by atoms with van der Waals surface area (Å²) in [6.07, 6.45) is 0. The third kappa shape index (κ3) is 2.50. The summed E-state index contributed by atoms with van der Waals surface area (Å²) < 4.78 is 3.36. The predicted octanol–water partition coefficient (Wildman–Crippen LogP) is 5.47. The fourth-order valence-electron chi connectivity index (χ4n) is 2.16. The molecule has 0 aliphatic rings. The van der Waals surface area contributed by atoms with Crippen LogP contribution in [0.5, 0.6) is 0 Å². The van der Waals surface area contributed by atoms with Gasteiger partial charge in [-0.2, -0.15) is 0 Å². The Hall–Kier alpha value is -0.680. The summed E-state index contributed by atoms with van der Waals surface area (Å²) in [5.41, 5.74) is 8.73. The molecule has 0 saturated heterocycles. The molecule has 1 unspecified atom stereocenters. The molecule has 0 amide bonds. The summed E-state index contributed by atoms with van der Waals surface area (Å²) in [7, 11) is 0. The molecule has 0 aliphatic carbocycles. The number of halogens is 2. The quantitative estimate of drug-likeness (QED) is 0.610. The molecule has 3 aromatic rings. The molecule has 4 heteroatoms. The second-order valence-electron chi connectivity index (χ2n) is 4.33. The Balaban J connectivity index is 2.13. The van der Waals surface area contributed by atoms with Gasteiger partial charge in [0, 0.05) is 13.6 Å². The lowest BCUT2D eigenvalue weighted by atomic mass is 9.99. The number of hydrogen-bond acceptors (Lipinski definition) is 2. The summed E-state index contributed by atoms with van der Waals surface area (Å²) in [4.78, 5) is 0. The highest BCUT2D eigenvalue weighted by atomic mass is 79.9. The second kappa shape index (κ2) is 5.37. The number of fused-ring (bicyclic) bond motifs is 1. The molecule has 19 heavy (non-hydrogen) atoms. The zero-order valence-electron chi connectivity index (χ0n) is 9.94. The van der Waals surface area contributed by atoms with Gasteiger partial charge in [0.2, 0.25) is 0 Å². The van der Waals surface area contributed by atoms with Gasteiger partial charge < -0.3 is 5.73 Å². The van der Waals surface area contributed by atoms with Crippen molar-refractivity contribution in [3.63, 3.8) is 0 Å². The van der Waals surface area contributed by atoms with Crippen molar-refractivity contribution in [2.24, 2.45) is 5.73 Å². The van der Waals surface area contributed by atoms with E-state index in [9.17, 15) is 0 Å². The van der Waals surface area contributed by atoms with Crippen LogP contribution in [-0.2, 0) is 0 Å². The molecule has 0 bridgehead atoms. The van der Waals surface area contributed by atoms with E-state index >= 15 is 0 Å². The lowest BCUT2D eigenvalue weighted by Crippen LogP contribution is -2.12. The van der Waals surface area contributed by atoms with Gasteiger partial charge in [0.15, 0.2) is 0 Å². The van der Waals surface area contributed by atoms with E-state index in [2.05, 4.69) is 67.6 Å². The smallest absolute Gasteiger partial charge is 0.0577 e. The van der Waals surface area contributed by atoms with Gasteiger partial charge in [-0.1, -0.05) is 50.1 Å². The summed E-state index contributed by atoms with van der Waals surface area (Å²) in [6, 6.07) is 14.4. The average molecular weight is 397 g/mol. The van der Waals surface area contributed by atoms with E-state index < -0.39 is 0 Å². The van der Waals surface area contributed by atoms with Crippen LogP contribution in [0.1, 0.15) is 17.2 Å². The molecule has 1 heterocycles. The van der Waals surface area contributed by atoms with Crippen LogP contribution >= 0.6 is 43.2 Å². The van der Waals surface area contributed by atoms with Crippen LogP contribution in [0.25, 0.3) is 10.1 Å². The largest absolute Gasteiger partial charge is 0.320 e. The number of nitrogens with two attached hydrogens (primary N) is 1. The minimum Gasteiger partial charge on any atom is -0.320 e. The van der Waals surface area contributed by atoms with Gasteiger partial charge in [-0.05, 0) is 46.2 Å². The van der Waals surface area contributed by atoms with Gasteiger partial charge in [0.05, 0.1) is 6.04 Å². The van der Waals surface area contributed by atoms with Crippen molar-refractivity contribution in [1.29, 1.82) is 0 Å². The Labute approximate surface area is 132 Å². The van der Waals surface area contributed by atoms with Gasteiger partial charge in [0.25, 0.3) is 0 Å². The van der Waals surface area contributed by atoms with Crippen LogP contribution in [-0.4, -0.2) is 0 Å². The molecule has 0 aliphatic heterocycles. The molecule has 0 saturated carbocycles. The monoisotopic (exact) mass is 395 g/mol. The lowest BCUT2D eigenvalue weighted by molar-refractivity contribution is 0.878. The number of hydrogen-bond donors (Lipinski definition) is 1. The second-order valence-corrected chi connectivity index (χ2v) is 7.01. The highest BCUT2D eigenvalue weighted by Gasteiger charge is 2.16. The van der Waals surface area contributed by atoms with Crippen LogP contribution < -0.4 is 5.73 Å². The van der Waals surface area contributed by atoms with Gasteiger partial charge in [-0.15, -0.1) is 11.3 Å². The van der Waals surface area contributed by atoms with Crippen molar-refractivity contribution in [2.45, 2.75) is 6.04 Å². The number of thiophene rings is 1. The SMILES string of the molecule is NC(c1cc(Br)ccc1Br)c1csc2ccccc12. The molecule has 0 radical (unpaired) electrons. The summed E-state index contributed by atoms with van der Waals surface area (Å²) in [6.45, 7) is 0. The molecular weight excluding hydrogens is 386 g/mol. The highest BCUT2D eigenvalue weighted by molar-refractivity contribution is 9.11. The third-order valence-electron chi connectivity index (χ3n) is 3.14. The summed E-state index contributed by atoms with van der Waals surface area (Å²) in [5.74, 6) is 0. The van der Waals surface area contributed by atoms with Crippen molar-refractivity contribution < 1.29 is 0 Å². The van der Waals surface area contributed by atoms with Crippen LogP contribution in [0, 0.1) is 0 Å². The van der Waals surface area contributed by atoms with E-state index in [1.54, 1.807) is 11.3 Å². The van der Waals surface area contributed by atoms with Gasteiger partial charge in [-0.3, -0.25) is 0 Å². The first-order valence-electron chi connectivity index (χ1n) is 5.83. The van der Waals surface area contributed by atoms with Crippen LogP contribution in [0.4, 0.5) is 0 Å². The third-order valence-corrected chi connectivity index (χ3v) is 5.34. The first-order chi connectivity index (χ1) is 9.16. The fraction of sp³-hybridized carbons (Fsp3) is 0.0667. The Morgan fingerprint density at radius 3 is 2.63 bits per heavy atom. The zero-order valence-corrected chi connectivity index (χ0v) is 13.9. The van der Waals surface area contributed by atoms with Gasteiger partial charge in [-0.25, -0.2) is 0 Å². The first kappa shape index (κ1) is 13.3. The first-order valence-corrected chi connectivity index (χ1v) is 8.30. The van der Waals surface area contributed by atoms with Crippen molar-refractivity contribution in [1.82, 2.24) is 0 Å². The molecule has 1 nitrogen and oxygen atoms in total. The normalized spacial score (nSPS) is 12.8. The Kier molecular flexibility index (Phi) is 3.76. The van der Waals surface area contributed by atoms with Crippen molar-refractivity contribution in [2.75, 3.05) is 0 Å². The van der Waals surface area contributed by atoms with E-state index in [1.807, 2.05) is 12.1 Å². The maximum Gasteiger partial charge on any atom is 0.0577 e. The standard InChI is InChI=1S/C15H11Br2NS/c16-9-5-6-13(17)11(7-9)15(18)12-8-19-14-4-2-1-3-10(12)14/h1-8,15H,18H2. The molecule has 1 atom stereocenters. The van der Waals surface area contributed by atoms with E-state index in [1.165, 1.54) is 15.6 Å². The fourth-order valence-corrected chi connectivity index (χ4v) is 4.03. The molecule has 3 rings (SSSR count). The van der Waals surface area contributed by atoms with Crippen LogP contribution in [0.15, 0.2) is 56.8 Å². The minimum atomic E-state index is -0.122. The summed E-state index contributed by atoms with van der Waals surface area (Å²) in [5, 5.41) is 3.40. The van der Waals surface area contributed by atoms with Crippen LogP contribution in [0.2, 0.25) is 0 Å². The van der Waals surface area contributed by atoms with Gasteiger partial charge >= 0.3 is 0 Å². The molecule has 1 aromatic heterocycles. The zero-order chi connectivity index (χ0) is 13.4. The number of rotatable bonds is 2. The minimum absolute atomic E-state index is 0.122. The molecule has 0 fully saturated rings. The topological polar surface area (TPSA) is 26.0 Å². The summed E-state index contributed by atoms with van der Waals surface area (Å²) >= 11 is 8.83. The Bertz CT molecular complexity index is 736. The lowest BCUT2D eigenvalue weighted by Gasteiger charge is -2.14. The molecular formula is C15H11Br2NS. The maximum absolute atomic E-state index is 6.45. The molecule has 96 valence electrons. The van der Waals surface area contributed by atoms with Crippen molar-refractivity contribution in [3.8, 4) is 0 Å². The Morgan fingerprint density at radius 2 is 1.79 bits per heavy atom. The van der Waals surface area contributed by atoms with Crippen LogP contribution in [0.3, 0.4) is 0 Å². The van der Waals surface area contributed by atoms with E-state index in [-0.39, 0.29) is 6.04 Å². The molecule has 2 aromatic carbocycles.